The first-order chi connectivity index (χ1) is 22.8. The topological polar surface area (TPSA) is 29.3 Å². The van der Waals surface area contributed by atoms with Crippen LogP contribution >= 0.6 is 0 Å². The van der Waals surface area contributed by atoms with Gasteiger partial charge in [0.25, 0.3) is 0 Å². The van der Waals surface area contributed by atoms with Crippen molar-refractivity contribution in [1.29, 1.82) is 0 Å². The smallest absolute Gasteiger partial charge is 0.229 e. The number of furan rings is 1. The Bertz CT molecular complexity index is 2550. The van der Waals surface area contributed by atoms with E-state index in [0.717, 1.165) is 33.4 Å². The molecule has 8 aromatic rings. The second-order valence-corrected chi connectivity index (χ2v) is 12.3. The third-order valence-corrected chi connectivity index (χ3v) is 9.86. The number of nitrogens with zero attached hydrogens (tertiary/aromatic N) is 2. The van der Waals surface area contributed by atoms with E-state index in [4.69, 9.17) is 4.42 Å². The molecule has 2 aliphatic rings. The monoisotopic (exact) mass is 588 g/mol. The number of aromatic nitrogens is 1. The van der Waals surface area contributed by atoms with Crippen LogP contribution in [0.3, 0.4) is 0 Å². The van der Waals surface area contributed by atoms with Crippen LogP contribution in [-0.4, -0.2) is 4.98 Å². The number of pyridine rings is 1. The SMILES string of the molecule is C1=CC2c3cccc4cc(N(c5ccc(-c6cccc7ccccc67)cc5)c5ccnc6oc7ccccc7c56)cc(c34)C2C=C1. The molecule has 2 aliphatic carbocycles. The lowest BCUT2D eigenvalue weighted by atomic mass is 9.86. The maximum atomic E-state index is 6.27. The van der Waals surface area contributed by atoms with E-state index in [1.807, 2.05) is 18.3 Å². The zero-order chi connectivity index (χ0) is 30.2. The number of benzene rings is 6. The van der Waals surface area contributed by atoms with Gasteiger partial charge in [-0.2, -0.15) is 0 Å². The first kappa shape index (κ1) is 25.4. The Labute approximate surface area is 266 Å². The fraction of sp³-hybridized carbons (Fsp3) is 0.0465. The van der Waals surface area contributed by atoms with Gasteiger partial charge in [0.1, 0.15) is 5.58 Å². The molecule has 46 heavy (non-hydrogen) atoms. The Morgan fingerprint density at radius 1 is 0.565 bits per heavy atom. The number of rotatable bonds is 4. The minimum absolute atomic E-state index is 0.327. The molecule has 0 spiro atoms. The lowest BCUT2D eigenvalue weighted by Gasteiger charge is -2.27. The van der Waals surface area contributed by atoms with E-state index < -0.39 is 0 Å². The Morgan fingerprint density at radius 3 is 2.20 bits per heavy atom. The number of hydrogen-bond acceptors (Lipinski definition) is 3. The molecule has 2 heterocycles. The van der Waals surface area contributed by atoms with Crippen LogP contribution < -0.4 is 4.90 Å². The quantitative estimate of drug-likeness (QED) is 0.205. The van der Waals surface area contributed by atoms with Gasteiger partial charge in [-0.25, -0.2) is 4.98 Å². The highest BCUT2D eigenvalue weighted by atomic mass is 16.3. The third-order valence-electron chi connectivity index (χ3n) is 9.86. The Hall–Kier alpha value is -5.93. The summed E-state index contributed by atoms with van der Waals surface area (Å²) >= 11 is 0. The zero-order valence-corrected chi connectivity index (χ0v) is 25.0. The Morgan fingerprint density at radius 2 is 1.30 bits per heavy atom. The van der Waals surface area contributed by atoms with Crippen molar-refractivity contribution in [3.8, 4) is 11.1 Å². The number of hydrogen-bond donors (Lipinski definition) is 0. The lowest BCUT2D eigenvalue weighted by molar-refractivity contribution is 0.654. The molecule has 0 aliphatic heterocycles. The van der Waals surface area contributed by atoms with E-state index in [1.54, 1.807) is 0 Å². The molecular formula is C43H28N2O. The summed E-state index contributed by atoms with van der Waals surface area (Å²) in [5.74, 6) is 0.700. The van der Waals surface area contributed by atoms with E-state index >= 15 is 0 Å². The van der Waals surface area contributed by atoms with Crippen molar-refractivity contribution in [3.63, 3.8) is 0 Å². The molecule has 10 rings (SSSR count). The van der Waals surface area contributed by atoms with Crippen LogP contribution in [0, 0.1) is 0 Å². The van der Waals surface area contributed by atoms with Crippen molar-refractivity contribution in [2.45, 2.75) is 11.8 Å². The van der Waals surface area contributed by atoms with E-state index in [0.29, 0.717) is 17.5 Å². The van der Waals surface area contributed by atoms with Crippen LogP contribution in [0.5, 0.6) is 0 Å². The summed E-state index contributed by atoms with van der Waals surface area (Å²) in [4.78, 5) is 7.05. The van der Waals surface area contributed by atoms with Crippen molar-refractivity contribution in [2.24, 2.45) is 0 Å². The molecule has 0 saturated heterocycles. The first-order valence-electron chi connectivity index (χ1n) is 15.9. The predicted octanol–water partition coefficient (Wildman–Crippen LogP) is 11.7. The maximum absolute atomic E-state index is 6.27. The summed E-state index contributed by atoms with van der Waals surface area (Å²) in [6.07, 6.45) is 11.0. The highest BCUT2D eigenvalue weighted by Crippen LogP contribution is 2.52. The predicted molar refractivity (Wildman–Crippen MR) is 190 cm³/mol. The second kappa shape index (κ2) is 9.79. The molecule has 0 radical (unpaired) electrons. The molecule has 2 aromatic heterocycles. The van der Waals surface area contributed by atoms with Gasteiger partial charge >= 0.3 is 0 Å². The van der Waals surface area contributed by atoms with Crippen molar-refractivity contribution in [2.75, 3.05) is 4.90 Å². The Balaban J connectivity index is 1.21. The molecule has 3 heteroatoms. The Kier molecular flexibility index (Phi) is 5.40. The van der Waals surface area contributed by atoms with Gasteiger partial charge in [-0.1, -0.05) is 115 Å². The summed E-state index contributed by atoms with van der Waals surface area (Å²) in [5, 5.41) is 7.23. The summed E-state index contributed by atoms with van der Waals surface area (Å²) in [6, 6.07) is 46.0. The minimum atomic E-state index is 0.327. The molecular weight excluding hydrogens is 560 g/mol. The second-order valence-electron chi connectivity index (χ2n) is 12.3. The van der Waals surface area contributed by atoms with E-state index in [-0.39, 0.29) is 0 Å². The summed E-state index contributed by atoms with van der Waals surface area (Å²) in [6.45, 7) is 0. The molecule has 216 valence electrons. The third kappa shape index (κ3) is 3.69. The summed E-state index contributed by atoms with van der Waals surface area (Å²) < 4.78 is 6.27. The molecule has 0 saturated carbocycles. The minimum Gasteiger partial charge on any atom is -0.438 e. The van der Waals surface area contributed by atoms with Gasteiger partial charge in [-0.3, -0.25) is 0 Å². The lowest BCUT2D eigenvalue weighted by Crippen LogP contribution is -2.11. The van der Waals surface area contributed by atoms with Gasteiger partial charge in [0.2, 0.25) is 5.71 Å². The van der Waals surface area contributed by atoms with Gasteiger partial charge in [0, 0.05) is 34.8 Å². The van der Waals surface area contributed by atoms with Crippen LogP contribution in [0.15, 0.2) is 162 Å². The van der Waals surface area contributed by atoms with Gasteiger partial charge < -0.3 is 9.32 Å². The van der Waals surface area contributed by atoms with Gasteiger partial charge in [-0.05, 0) is 80.2 Å². The normalized spacial score (nSPS) is 16.5. The van der Waals surface area contributed by atoms with Crippen molar-refractivity contribution in [1.82, 2.24) is 4.98 Å². The molecule has 0 bridgehead atoms. The average molecular weight is 589 g/mol. The van der Waals surface area contributed by atoms with E-state index in [9.17, 15) is 0 Å². The summed E-state index contributed by atoms with van der Waals surface area (Å²) in [5.41, 5.74) is 9.96. The molecule has 2 unspecified atom stereocenters. The first-order valence-corrected chi connectivity index (χ1v) is 15.9. The van der Waals surface area contributed by atoms with Crippen LogP contribution in [0.2, 0.25) is 0 Å². The molecule has 2 atom stereocenters. The van der Waals surface area contributed by atoms with E-state index in [2.05, 4.69) is 149 Å². The zero-order valence-electron chi connectivity index (χ0n) is 25.0. The number of anilines is 3. The summed E-state index contributed by atoms with van der Waals surface area (Å²) in [7, 11) is 0. The van der Waals surface area contributed by atoms with Crippen molar-refractivity contribution >= 4 is 60.7 Å². The molecule has 3 nitrogen and oxygen atoms in total. The van der Waals surface area contributed by atoms with Crippen molar-refractivity contribution < 1.29 is 4.42 Å². The van der Waals surface area contributed by atoms with Crippen molar-refractivity contribution in [3.05, 3.63) is 169 Å². The van der Waals surface area contributed by atoms with Crippen LogP contribution in [0.4, 0.5) is 17.1 Å². The van der Waals surface area contributed by atoms with E-state index in [1.165, 1.54) is 43.8 Å². The van der Waals surface area contributed by atoms with Crippen LogP contribution in [-0.2, 0) is 0 Å². The van der Waals surface area contributed by atoms with Crippen LogP contribution in [0.25, 0.3) is 54.7 Å². The van der Waals surface area contributed by atoms with Crippen LogP contribution in [0.1, 0.15) is 23.0 Å². The van der Waals surface area contributed by atoms with Gasteiger partial charge in [0.05, 0.1) is 11.1 Å². The molecule has 6 aromatic carbocycles. The highest BCUT2D eigenvalue weighted by molar-refractivity contribution is 6.12. The average Bonchev–Trinajstić information content (AvgIpc) is 3.66. The van der Waals surface area contributed by atoms with Gasteiger partial charge in [-0.15, -0.1) is 0 Å². The molecule has 0 fully saturated rings. The number of fused-ring (bicyclic) bond motifs is 7. The largest absolute Gasteiger partial charge is 0.438 e. The standard InChI is InChI=1S/C43H28N2O/c1-2-12-32-27(9-1)10-7-16-33(32)28-19-21-30(22-20-28)45(39-23-24-44-43-42(39)37-15-5-6-18-40(37)46-43)31-25-29-11-8-17-36-34-13-3-4-14-35(34)38(26-31)41(29)36/h1-26,34-35H. The fourth-order valence-electron chi connectivity index (χ4n) is 7.86. The molecule has 0 N–H and O–H groups in total. The fourth-order valence-corrected chi connectivity index (χ4v) is 7.86. The highest BCUT2D eigenvalue weighted by Gasteiger charge is 2.33. The number of allylic oxidation sites excluding steroid dienone is 4. The maximum Gasteiger partial charge on any atom is 0.229 e. The molecule has 0 amide bonds. The number of para-hydroxylation sites is 1. The van der Waals surface area contributed by atoms with Gasteiger partial charge in [0.15, 0.2) is 0 Å².